The number of nitrogens with zero attached hydrogens (tertiary/aromatic N) is 2. The number of rotatable bonds is 10. The third-order valence-corrected chi connectivity index (χ3v) is 8.34. The lowest BCUT2D eigenvalue weighted by Crippen LogP contribution is -2.52. The zero-order chi connectivity index (χ0) is 28.0. The van der Waals surface area contributed by atoms with E-state index in [-0.39, 0.29) is 23.4 Å². The lowest BCUT2D eigenvalue weighted by Gasteiger charge is -2.32. The summed E-state index contributed by atoms with van der Waals surface area (Å²) < 4.78 is 29.7. The van der Waals surface area contributed by atoms with Crippen molar-refractivity contribution in [3.05, 3.63) is 94.0 Å². The van der Waals surface area contributed by atoms with Crippen LogP contribution in [0, 0.1) is 13.8 Å². The number of aryl methyl sites for hydroxylation is 2. The summed E-state index contributed by atoms with van der Waals surface area (Å²) in [6, 6.07) is 20.0. The van der Waals surface area contributed by atoms with E-state index in [0.29, 0.717) is 5.69 Å². The van der Waals surface area contributed by atoms with Crippen LogP contribution in [0.15, 0.2) is 82.2 Å². The normalized spacial score (nSPS) is 12.2. The maximum atomic E-state index is 13.9. The fourth-order valence-electron chi connectivity index (χ4n) is 4.14. The van der Waals surface area contributed by atoms with Crippen LogP contribution >= 0.6 is 15.9 Å². The zero-order valence-corrected chi connectivity index (χ0v) is 24.7. The second-order valence-corrected chi connectivity index (χ2v) is 12.4. The molecule has 0 saturated carbocycles. The Bertz CT molecular complexity index is 1390. The molecule has 0 bridgehead atoms. The molecule has 38 heavy (non-hydrogen) atoms. The van der Waals surface area contributed by atoms with Crippen molar-refractivity contribution in [2.24, 2.45) is 0 Å². The van der Waals surface area contributed by atoms with Gasteiger partial charge >= 0.3 is 0 Å². The first kappa shape index (κ1) is 29.4. The molecule has 0 fully saturated rings. The Labute approximate surface area is 234 Å². The standard InChI is InChI=1S/C29H34BrN3O4S/c1-20(2)31-29(35)23(5)32(18-24-10-9-11-25(30)17-24)28(34)19-33(27-15-14-21(3)16-22(27)4)38(36,37)26-12-7-6-8-13-26/h6-17,20,23H,18-19H2,1-5H3,(H,31,35). The van der Waals surface area contributed by atoms with Crippen molar-refractivity contribution in [3.8, 4) is 0 Å². The highest BCUT2D eigenvalue weighted by molar-refractivity contribution is 9.10. The van der Waals surface area contributed by atoms with Gasteiger partial charge in [0, 0.05) is 17.1 Å². The van der Waals surface area contributed by atoms with Gasteiger partial charge in [0.2, 0.25) is 11.8 Å². The van der Waals surface area contributed by atoms with Crippen LogP contribution in [0.3, 0.4) is 0 Å². The smallest absolute Gasteiger partial charge is 0.264 e. The first-order valence-corrected chi connectivity index (χ1v) is 14.6. The summed E-state index contributed by atoms with van der Waals surface area (Å²) in [4.78, 5) is 28.4. The molecule has 1 unspecified atom stereocenters. The largest absolute Gasteiger partial charge is 0.352 e. The van der Waals surface area contributed by atoms with Crippen molar-refractivity contribution in [2.45, 2.75) is 58.1 Å². The molecule has 1 N–H and O–H groups in total. The Morgan fingerprint density at radius 2 is 1.61 bits per heavy atom. The van der Waals surface area contributed by atoms with Gasteiger partial charge in [-0.05, 0) is 76.1 Å². The molecule has 3 aromatic rings. The molecule has 3 rings (SSSR count). The highest BCUT2D eigenvalue weighted by atomic mass is 79.9. The molecule has 0 aliphatic rings. The molecule has 0 heterocycles. The minimum absolute atomic E-state index is 0.0805. The van der Waals surface area contributed by atoms with Crippen LogP contribution in [-0.4, -0.2) is 43.8 Å². The molecule has 0 aliphatic heterocycles. The van der Waals surface area contributed by atoms with Gasteiger partial charge in [0.15, 0.2) is 0 Å². The molecule has 0 aliphatic carbocycles. The number of halogens is 1. The molecule has 0 aromatic heterocycles. The summed E-state index contributed by atoms with van der Waals surface area (Å²) in [5.74, 6) is -0.803. The molecule has 1 atom stereocenters. The number of amides is 2. The predicted octanol–water partition coefficient (Wildman–Crippen LogP) is 5.20. The summed E-state index contributed by atoms with van der Waals surface area (Å²) in [6.07, 6.45) is 0. The lowest BCUT2D eigenvalue weighted by molar-refractivity contribution is -0.139. The van der Waals surface area contributed by atoms with E-state index in [1.54, 1.807) is 31.2 Å². The van der Waals surface area contributed by atoms with E-state index in [4.69, 9.17) is 0 Å². The third kappa shape index (κ3) is 7.23. The first-order valence-electron chi connectivity index (χ1n) is 12.4. The summed E-state index contributed by atoms with van der Waals surface area (Å²) in [6.45, 7) is 8.76. The van der Waals surface area contributed by atoms with Crippen LogP contribution in [0.2, 0.25) is 0 Å². The van der Waals surface area contributed by atoms with Crippen LogP contribution in [0.4, 0.5) is 5.69 Å². The van der Waals surface area contributed by atoms with E-state index in [9.17, 15) is 18.0 Å². The first-order chi connectivity index (χ1) is 17.9. The zero-order valence-electron chi connectivity index (χ0n) is 22.3. The van der Waals surface area contributed by atoms with Gasteiger partial charge in [-0.2, -0.15) is 0 Å². The van der Waals surface area contributed by atoms with Gasteiger partial charge in [0.1, 0.15) is 12.6 Å². The van der Waals surface area contributed by atoms with Gasteiger partial charge in [-0.25, -0.2) is 8.42 Å². The van der Waals surface area contributed by atoms with Gasteiger partial charge in [-0.3, -0.25) is 13.9 Å². The number of sulfonamides is 1. The Balaban J connectivity index is 2.06. The molecule has 7 nitrogen and oxygen atoms in total. The number of benzene rings is 3. The molecule has 3 aromatic carbocycles. The van der Waals surface area contributed by atoms with E-state index >= 15 is 0 Å². The number of hydrogen-bond acceptors (Lipinski definition) is 4. The number of anilines is 1. The fourth-order valence-corrected chi connectivity index (χ4v) is 6.08. The van der Waals surface area contributed by atoms with E-state index < -0.39 is 28.5 Å². The Morgan fingerprint density at radius 1 is 0.921 bits per heavy atom. The van der Waals surface area contributed by atoms with Crippen molar-refractivity contribution in [1.29, 1.82) is 0 Å². The highest BCUT2D eigenvalue weighted by Gasteiger charge is 2.33. The summed E-state index contributed by atoms with van der Waals surface area (Å²) in [5.41, 5.74) is 2.92. The van der Waals surface area contributed by atoms with Crippen LogP contribution < -0.4 is 9.62 Å². The van der Waals surface area contributed by atoms with Crippen LogP contribution in [0.25, 0.3) is 0 Å². The Kier molecular flexibility index (Phi) is 9.73. The number of nitrogens with one attached hydrogen (secondary N) is 1. The van der Waals surface area contributed by atoms with Gasteiger partial charge in [0.05, 0.1) is 10.6 Å². The number of carbonyl (C=O) groups excluding carboxylic acids is 2. The third-order valence-electron chi connectivity index (χ3n) is 6.07. The maximum absolute atomic E-state index is 13.9. The number of carbonyl (C=O) groups is 2. The molecular formula is C29H34BrN3O4S. The van der Waals surface area contributed by atoms with Crippen molar-refractivity contribution >= 4 is 43.5 Å². The maximum Gasteiger partial charge on any atom is 0.264 e. The highest BCUT2D eigenvalue weighted by Crippen LogP contribution is 2.28. The van der Waals surface area contributed by atoms with Crippen LogP contribution in [0.1, 0.15) is 37.5 Å². The van der Waals surface area contributed by atoms with Crippen LogP contribution in [0.5, 0.6) is 0 Å². The van der Waals surface area contributed by atoms with E-state index in [2.05, 4.69) is 21.2 Å². The average Bonchev–Trinajstić information content (AvgIpc) is 2.86. The SMILES string of the molecule is Cc1ccc(N(CC(=O)N(Cc2cccc(Br)c2)C(C)C(=O)NC(C)C)S(=O)(=O)c2ccccc2)c(C)c1. The van der Waals surface area contributed by atoms with Gasteiger partial charge in [0.25, 0.3) is 10.0 Å². The quantitative estimate of drug-likeness (QED) is 0.347. The minimum Gasteiger partial charge on any atom is -0.352 e. The minimum atomic E-state index is -4.08. The van der Waals surface area contributed by atoms with Crippen molar-refractivity contribution in [2.75, 3.05) is 10.8 Å². The van der Waals surface area contributed by atoms with Gasteiger partial charge in [-0.1, -0.05) is 64.0 Å². The van der Waals surface area contributed by atoms with Crippen molar-refractivity contribution < 1.29 is 18.0 Å². The molecule has 0 saturated heterocycles. The van der Waals surface area contributed by atoms with Gasteiger partial charge in [-0.15, -0.1) is 0 Å². The molecule has 202 valence electrons. The van der Waals surface area contributed by atoms with Crippen molar-refractivity contribution in [3.63, 3.8) is 0 Å². The molecule has 2 amide bonds. The second kappa shape index (κ2) is 12.6. The van der Waals surface area contributed by atoms with E-state index in [0.717, 1.165) is 25.5 Å². The van der Waals surface area contributed by atoms with E-state index in [1.807, 2.05) is 64.1 Å². The molecule has 0 spiro atoms. The fraction of sp³-hybridized carbons (Fsp3) is 0.310. The number of hydrogen-bond donors (Lipinski definition) is 1. The summed E-state index contributed by atoms with van der Waals surface area (Å²) in [5, 5.41) is 2.86. The second-order valence-electron chi connectivity index (χ2n) is 9.61. The topological polar surface area (TPSA) is 86.8 Å². The van der Waals surface area contributed by atoms with Crippen molar-refractivity contribution in [1.82, 2.24) is 10.2 Å². The summed E-state index contributed by atoms with van der Waals surface area (Å²) in [7, 11) is -4.08. The van der Waals surface area contributed by atoms with Crippen LogP contribution in [-0.2, 0) is 26.2 Å². The van der Waals surface area contributed by atoms with Gasteiger partial charge < -0.3 is 10.2 Å². The monoisotopic (exact) mass is 599 g/mol. The Hall–Kier alpha value is -3.17. The Morgan fingerprint density at radius 3 is 2.21 bits per heavy atom. The lowest BCUT2D eigenvalue weighted by atomic mass is 10.1. The average molecular weight is 601 g/mol. The predicted molar refractivity (Wildman–Crippen MR) is 154 cm³/mol. The molecule has 0 radical (unpaired) electrons. The molecular weight excluding hydrogens is 566 g/mol. The molecule has 9 heteroatoms. The summed E-state index contributed by atoms with van der Waals surface area (Å²) >= 11 is 3.45. The van der Waals surface area contributed by atoms with E-state index in [1.165, 1.54) is 17.0 Å².